The number of benzene rings is 1. The highest BCUT2D eigenvalue weighted by Crippen LogP contribution is 2.25. The minimum Gasteiger partial charge on any atom is -0.354 e. The Bertz CT molecular complexity index is 635. The van der Waals surface area contributed by atoms with Gasteiger partial charge in [0.05, 0.1) is 11.1 Å². The number of aromatic nitrogens is 1. The molecule has 4 nitrogen and oxygen atoms in total. The predicted octanol–water partition coefficient (Wildman–Crippen LogP) is 2.07. The van der Waals surface area contributed by atoms with Crippen molar-refractivity contribution in [3.63, 3.8) is 0 Å². The molecule has 0 amide bonds. The minimum atomic E-state index is 0. The van der Waals surface area contributed by atoms with Crippen LogP contribution >= 0.6 is 12.4 Å². The van der Waals surface area contributed by atoms with Crippen LogP contribution < -0.4 is 10.6 Å². The van der Waals surface area contributed by atoms with Crippen molar-refractivity contribution >= 4 is 29.1 Å². The third-order valence-corrected chi connectivity index (χ3v) is 3.35. The number of pyridine rings is 1. The van der Waals surface area contributed by atoms with Crippen LogP contribution in [0.15, 0.2) is 30.3 Å². The number of hydrogen-bond donors (Lipinski definition) is 1. The van der Waals surface area contributed by atoms with E-state index in [1.54, 1.807) is 0 Å². The topological polar surface area (TPSA) is 65.9 Å². The predicted molar refractivity (Wildman–Crippen MR) is 78.5 cm³/mol. The van der Waals surface area contributed by atoms with Crippen LogP contribution in [0.4, 0.5) is 5.82 Å². The Morgan fingerprint density at radius 3 is 2.84 bits per heavy atom. The molecule has 3 rings (SSSR count). The van der Waals surface area contributed by atoms with E-state index >= 15 is 0 Å². The second kappa shape index (κ2) is 5.43. The fourth-order valence-electron chi connectivity index (χ4n) is 2.41. The van der Waals surface area contributed by atoms with Crippen molar-refractivity contribution in [3.8, 4) is 6.07 Å². The highest BCUT2D eigenvalue weighted by molar-refractivity contribution is 5.85. The van der Waals surface area contributed by atoms with E-state index in [1.807, 2.05) is 30.3 Å². The number of anilines is 1. The van der Waals surface area contributed by atoms with Crippen molar-refractivity contribution < 1.29 is 0 Å². The summed E-state index contributed by atoms with van der Waals surface area (Å²) in [5.74, 6) is 0.768. The molecular formula is C14H15ClN4. The number of nitrogens with zero attached hydrogens (tertiary/aromatic N) is 3. The van der Waals surface area contributed by atoms with Crippen LogP contribution in [0.25, 0.3) is 10.9 Å². The number of para-hydroxylation sites is 1. The van der Waals surface area contributed by atoms with Gasteiger partial charge in [-0.1, -0.05) is 18.2 Å². The van der Waals surface area contributed by atoms with Crippen LogP contribution in [-0.4, -0.2) is 24.1 Å². The van der Waals surface area contributed by atoms with Gasteiger partial charge in [0.2, 0.25) is 0 Å². The van der Waals surface area contributed by atoms with Crippen LogP contribution in [-0.2, 0) is 0 Å². The molecule has 98 valence electrons. The number of hydrogen-bond acceptors (Lipinski definition) is 4. The normalized spacial score (nSPS) is 18.1. The van der Waals surface area contributed by atoms with Gasteiger partial charge in [0, 0.05) is 24.5 Å². The molecule has 19 heavy (non-hydrogen) atoms. The minimum absolute atomic E-state index is 0. The standard InChI is InChI=1S/C14H14N4.ClH/c15-8-11-7-10-3-1-2-4-13(10)17-14(11)18-6-5-12(16)9-18;/h1-4,7,12H,5-6,9,16H2;1H/t12-;/m0./s1. The summed E-state index contributed by atoms with van der Waals surface area (Å²) in [6.45, 7) is 1.65. The first-order chi connectivity index (χ1) is 8.78. The summed E-state index contributed by atoms with van der Waals surface area (Å²) in [6, 6.07) is 12.2. The average Bonchev–Trinajstić information content (AvgIpc) is 2.83. The average molecular weight is 275 g/mol. The van der Waals surface area contributed by atoms with Gasteiger partial charge in [0.1, 0.15) is 11.9 Å². The van der Waals surface area contributed by atoms with E-state index in [4.69, 9.17) is 5.73 Å². The molecule has 1 atom stereocenters. The maximum Gasteiger partial charge on any atom is 0.147 e. The zero-order valence-electron chi connectivity index (χ0n) is 10.4. The first-order valence-electron chi connectivity index (χ1n) is 6.08. The summed E-state index contributed by atoms with van der Waals surface area (Å²) in [6.07, 6.45) is 0.958. The molecule has 1 aromatic carbocycles. The molecule has 1 aromatic heterocycles. The lowest BCUT2D eigenvalue weighted by molar-refractivity contribution is 0.751. The monoisotopic (exact) mass is 274 g/mol. The molecule has 2 N–H and O–H groups in total. The van der Waals surface area contributed by atoms with Crippen molar-refractivity contribution in [2.45, 2.75) is 12.5 Å². The molecule has 0 unspecified atom stereocenters. The van der Waals surface area contributed by atoms with Gasteiger partial charge in [-0.05, 0) is 18.6 Å². The SMILES string of the molecule is Cl.N#Cc1cc2ccccc2nc1N1CC[C@H](N)C1. The molecule has 5 heteroatoms. The molecule has 0 bridgehead atoms. The van der Waals surface area contributed by atoms with Gasteiger partial charge >= 0.3 is 0 Å². The number of halogens is 1. The second-order valence-electron chi connectivity index (χ2n) is 4.66. The molecule has 0 radical (unpaired) electrons. The van der Waals surface area contributed by atoms with Crippen LogP contribution in [0.1, 0.15) is 12.0 Å². The van der Waals surface area contributed by atoms with Crippen LogP contribution in [0.3, 0.4) is 0 Å². The molecule has 2 aromatic rings. The molecule has 1 aliphatic rings. The molecule has 0 aliphatic carbocycles. The van der Waals surface area contributed by atoms with E-state index in [0.29, 0.717) is 5.56 Å². The van der Waals surface area contributed by atoms with Crippen LogP contribution in [0.5, 0.6) is 0 Å². The Hall–Kier alpha value is -1.83. The molecule has 1 aliphatic heterocycles. The van der Waals surface area contributed by atoms with Crippen molar-refractivity contribution in [1.82, 2.24) is 4.98 Å². The highest BCUT2D eigenvalue weighted by Gasteiger charge is 2.22. The first-order valence-corrected chi connectivity index (χ1v) is 6.08. The Kier molecular flexibility index (Phi) is 3.89. The van der Waals surface area contributed by atoms with Gasteiger partial charge in [-0.25, -0.2) is 4.98 Å². The quantitative estimate of drug-likeness (QED) is 0.864. The maximum absolute atomic E-state index is 9.26. The second-order valence-corrected chi connectivity index (χ2v) is 4.66. The van der Waals surface area contributed by atoms with Gasteiger partial charge in [0.25, 0.3) is 0 Å². The summed E-state index contributed by atoms with van der Waals surface area (Å²) >= 11 is 0. The Morgan fingerprint density at radius 2 is 2.16 bits per heavy atom. The van der Waals surface area contributed by atoms with E-state index in [9.17, 15) is 5.26 Å². The van der Waals surface area contributed by atoms with E-state index < -0.39 is 0 Å². The smallest absolute Gasteiger partial charge is 0.147 e. The zero-order valence-corrected chi connectivity index (χ0v) is 11.2. The molecule has 2 heterocycles. The van der Waals surface area contributed by atoms with Gasteiger partial charge in [-0.2, -0.15) is 5.26 Å². The van der Waals surface area contributed by atoms with Crippen molar-refractivity contribution in [2.75, 3.05) is 18.0 Å². The largest absolute Gasteiger partial charge is 0.354 e. The first kappa shape index (κ1) is 13.6. The van der Waals surface area contributed by atoms with E-state index in [-0.39, 0.29) is 18.4 Å². The van der Waals surface area contributed by atoms with Crippen molar-refractivity contribution in [1.29, 1.82) is 5.26 Å². The van der Waals surface area contributed by atoms with E-state index in [0.717, 1.165) is 36.2 Å². The zero-order chi connectivity index (χ0) is 12.5. The Morgan fingerprint density at radius 1 is 1.37 bits per heavy atom. The molecule has 1 saturated heterocycles. The number of fused-ring (bicyclic) bond motifs is 1. The van der Waals surface area contributed by atoms with Crippen LogP contribution in [0, 0.1) is 11.3 Å². The van der Waals surface area contributed by atoms with Gasteiger partial charge in [0.15, 0.2) is 0 Å². The summed E-state index contributed by atoms with van der Waals surface area (Å²) in [7, 11) is 0. The molecular weight excluding hydrogens is 260 g/mol. The Labute approximate surface area is 118 Å². The summed E-state index contributed by atoms with van der Waals surface area (Å²) in [5.41, 5.74) is 7.47. The highest BCUT2D eigenvalue weighted by atomic mass is 35.5. The molecule has 0 spiro atoms. The number of rotatable bonds is 1. The van der Waals surface area contributed by atoms with Crippen LogP contribution in [0.2, 0.25) is 0 Å². The molecule has 1 fully saturated rings. The number of nitriles is 1. The third-order valence-electron chi connectivity index (χ3n) is 3.35. The third kappa shape index (κ3) is 2.48. The fourth-order valence-corrected chi connectivity index (χ4v) is 2.41. The van der Waals surface area contributed by atoms with E-state index in [1.165, 1.54) is 0 Å². The Balaban J connectivity index is 0.00000133. The van der Waals surface area contributed by atoms with Gasteiger partial charge in [-0.3, -0.25) is 0 Å². The summed E-state index contributed by atoms with van der Waals surface area (Å²) in [5, 5.41) is 10.3. The summed E-state index contributed by atoms with van der Waals surface area (Å²) < 4.78 is 0. The maximum atomic E-state index is 9.26. The van der Waals surface area contributed by atoms with Gasteiger partial charge in [-0.15, -0.1) is 12.4 Å². The van der Waals surface area contributed by atoms with Crippen molar-refractivity contribution in [2.24, 2.45) is 5.73 Å². The fraction of sp³-hybridized carbons (Fsp3) is 0.286. The van der Waals surface area contributed by atoms with Gasteiger partial charge < -0.3 is 10.6 Å². The van der Waals surface area contributed by atoms with Crippen molar-refractivity contribution in [3.05, 3.63) is 35.9 Å². The number of nitrogens with two attached hydrogens (primary N) is 1. The lowest BCUT2D eigenvalue weighted by atomic mass is 10.1. The lowest BCUT2D eigenvalue weighted by Gasteiger charge is -2.18. The summed E-state index contributed by atoms with van der Waals surface area (Å²) in [4.78, 5) is 6.72. The van der Waals surface area contributed by atoms with E-state index in [2.05, 4.69) is 16.0 Å². The lowest BCUT2D eigenvalue weighted by Crippen LogP contribution is -2.27. The molecule has 0 saturated carbocycles.